The minimum absolute atomic E-state index is 0.199. The van der Waals surface area contributed by atoms with Gasteiger partial charge in [0, 0.05) is 25.2 Å². The number of rotatable bonds is 6. The van der Waals surface area contributed by atoms with Crippen LogP contribution in [-0.4, -0.2) is 45.6 Å². The van der Waals surface area contributed by atoms with Crippen LogP contribution in [0, 0.1) is 13.8 Å². The minimum Gasteiger partial charge on any atom is -0.454 e. The van der Waals surface area contributed by atoms with Crippen LogP contribution in [0.1, 0.15) is 55.2 Å². The summed E-state index contributed by atoms with van der Waals surface area (Å²) in [4.78, 5) is 14.1. The molecule has 0 aromatic heterocycles. The van der Waals surface area contributed by atoms with Crippen molar-refractivity contribution in [2.75, 3.05) is 26.6 Å². The Morgan fingerprint density at radius 2 is 1.66 bits per heavy atom. The molecule has 5 rings (SSSR count). The van der Waals surface area contributed by atoms with E-state index < -0.39 is 14.6 Å². The SMILES string of the molecule is Cc1ccc(C)c(S(=O)(=O)C2(C(=O)NCC3(c4ccc5c(c4)OCO5)CCOCC3)CCCC2)c1. The Bertz CT molecular complexity index is 1230. The lowest BCUT2D eigenvalue weighted by atomic mass is 9.74. The molecule has 1 amide bonds. The van der Waals surface area contributed by atoms with Crippen LogP contribution < -0.4 is 14.8 Å². The average molecular weight is 500 g/mol. The summed E-state index contributed by atoms with van der Waals surface area (Å²) in [6, 6.07) is 11.3. The fourth-order valence-corrected chi connectivity index (χ4v) is 8.13. The van der Waals surface area contributed by atoms with Gasteiger partial charge >= 0.3 is 0 Å². The van der Waals surface area contributed by atoms with Crippen LogP contribution in [0.15, 0.2) is 41.3 Å². The first-order valence-electron chi connectivity index (χ1n) is 12.4. The maximum absolute atomic E-state index is 14.0. The molecule has 7 nitrogen and oxygen atoms in total. The van der Waals surface area contributed by atoms with Crippen LogP contribution in [0.5, 0.6) is 11.5 Å². The van der Waals surface area contributed by atoms with Gasteiger partial charge < -0.3 is 19.5 Å². The molecule has 2 aromatic carbocycles. The fraction of sp³-hybridized carbons (Fsp3) is 0.519. The van der Waals surface area contributed by atoms with Crippen LogP contribution in [0.3, 0.4) is 0 Å². The van der Waals surface area contributed by atoms with Crippen molar-refractivity contribution in [2.45, 2.75) is 67.4 Å². The van der Waals surface area contributed by atoms with Gasteiger partial charge in [0.05, 0.1) is 4.90 Å². The van der Waals surface area contributed by atoms with Crippen LogP contribution in [0.2, 0.25) is 0 Å². The standard InChI is InChI=1S/C27H33NO6S/c1-19-5-6-20(2)24(15-19)35(30,31)27(9-3-4-10-27)25(29)28-17-26(11-13-32-14-12-26)21-7-8-22-23(16-21)34-18-33-22/h5-8,15-16H,3-4,9-14,17-18H2,1-2H3,(H,28,29). The molecule has 35 heavy (non-hydrogen) atoms. The summed E-state index contributed by atoms with van der Waals surface area (Å²) in [7, 11) is -3.87. The monoisotopic (exact) mass is 499 g/mol. The topological polar surface area (TPSA) is 90.9 Å². The van der Waals surface area contributed by atoms with Gasteiger partial charge in [-0.3, -0.25) is 4.79 Å². The van der Waals surface area contributed by atoms with E-state index in [2.05, 4.69) is 5.32 Å². The van der Waals surface area contributed by atoms with E-state index in [1.165, 1.54) is 0 Å². The molecule has 2 aromatic rings. The van der Waals surface area contributed by atoms with Crippen LogP contribution in [-0.2, 0) is 24.8 Å². The Labute approximate surface area is 207 Å². The molecule has 0 radical (unpaired) electrons. The summed E-state index contributed by atoms with van der Waals surface area (Å²) >= 11 is 0. The Kier molecular flexibility index (Phi) is 6.30. The Hall–Kier alpha value is -2.58. The second kappa shape index (κ2) is 9.13. The molecule has 2 aliphatic heterocycles. The van der Waals surface area contributed by atoms with E-state index in [4.69, 9.17) is 14.2 Å². The highest BCUT2D eigenvalue weighted by Gasteiger charge is 2.53. The van der Waals surface area contributed by atoms with Gasteiger partial charge in [0.15, 0.2) is 26.1 Å². The van der Waals surface area contributed by atoms with E-state index in [1.54, 1.807) is 13.0 Å². The molecule has 1 N–H and O–H groups in total. The molecule has 1 saturated carbocycles. The van der Waals surface area contributed by atoms with E-state index in [9.17, 15) is 13.2 Å². The third-order valence-corrected chi connectivity index (χ3v) is 10.6. The number of hydrogen-bond donors (Lipinski definition) is 1. The molecular formula is C27H33NO6S. The zero-order valence-corrected chi connectivity index (χ0v) is 21.2. The van der Waals surface area contributed by atoms with Gasteiger partial charge in [0.25, 0.3) is 0 Å². The number of carbonyl (C=O) groups is 1. The van der Waals surface area contributed by atoms with E-state index in [0.717, 1.165) is 36.8 Å². The summed E-state index contributed by atoms with van der Waals surface area (Å²) in [6.45, 7) is 5.37. The van der Waals surface area contributed by atoms with Crippen LogP contribution in [0.25, 0.3) is 0 Å². The first kappa shape index (κ1) is 24.1. The summed E-state index contributed by atoms with van der Waals surface area (Å²) in [5.74, 6) is 1.02. The van der Waals surface area contributed by atoms with Gasteiger partial charge in [-0.25, -0.2) is 8.42 Å². The highest BCUT2D eigenvalue weighted by Crippen LogP contribution is 2.43. The largest absolute Gasteiger partial charge is 0.454 e. The van der Waals surface area contributed by atoms with Crippen molar-refractivity contribution < 1.29 is 27.4 Å². The van der Waals surface area contributed by atoms with Crippen molar-refractivity contribution in [1.29, 1.82) is 0 Å². The zero-order chi connectivity index (χ0) is 24.7. The number of sulfone groups is 1. The predicted octanol–water partition coefficient (Wildman–Crippen LogP) is 3.98. The number of fused-ring (bicyclic) bond motifs is 1. The van der Waals surface area contributed by atoms with Crippen molar-refractivity contribution in [3.05, 3.63) is 53.1 Å². The summed E-state index contributed by atoms with van der Waals surface area (Å²) in [5, 5.41) is 3.11. The zero-order valence-electron chi connectivity index (χ0n) is 20.4. The number of amides is 1. The quantitative estimate of drug-likeness (QED) is 0.647. The van der Waals surface area contributed by atoms with Gasteiger partial charge in [-0.1, -0.05) is 31.0 Å². The highest BCUT2D eigenvalue weighted by molar-refractivity contribution is 7.93. The van der Waals surface area contributed by atoms with E-state index in [-0.39, 0.29) is 23.0 Å². The van der Waals surface area contributed by atoms with E-state index in [1.807, 2.05) is 37.3 Å². The number of nitrogens with one attached hydrogen (secondary N) is 1. The fourth-order valence-electron chi connectivity index (χ4n) is 5.74. The highest BCUT2D eigenvalue weighted by atomic mass is 32.2. The lowest BCUT2D eigenvalue weighted by Crippen LogP contribution is -2.54. The lowest BCUT2D eigenvalue weighted by Gasteiger charge is -2.39. The van der Waals surface area contributed by atoms with Gasteiger partial charge in [0.1, 0.15) is 0 Å². The van der Waals surface area contributed by atoms with Gasteiger partial charge in [-0.05, 0) is 74.4 Å². The second-order valence-corrected chi connectivity index (χ2v) is 12.3. The predicted molar refractivity (Wildman–Crippen MR) is 132 cm³/mol. The molecule has 1 aliphatic carbocycles. The molecule has 0 bridgehead atoms. The van der Waals surface area contributed by atoms with E-state index in [0.29, 0.717) is 49.7 Å². The van der Waals surface area contributed by atoms with Crippen molar-refractivity contribution >= 4 is 15.7 Å². The number of benzene rings is 2. The number of ether oxygens (including phenoxy) is 3. The smallest absolute Gasteiger partial charge is 0.241 e. The molecule has 0 spiro atoms. The number of carbonyl (C=O) groups excluding carboxylic acids is 1. The van der Waals surface area contributed by atoms with Crippen molar-refractivity contribution in [3.63, 3.8) is 0 Å². The maximum Gasteiger partial charge on any atom is 0.241 e. The number of hydrogen-bond acceptors (Lipinski definition) is 6. The van der Waals surface area contributed by atoms with Crippen molar-refractivity contribution in [2.24, 2.45) is 0 Å². The van der Waals surface area contributed by atoms with Crippen molar-refractivity contribution in [3.8, 4) is 11.5 Å². The third kappa shape index (κ3) is 4.10. The summed E-state index contributed by atoms with van der Waals surface area (Å²) in [6.07, 6.45) is 3.58. The molecule has 2 heterocycles. The van der Waals surface area contributed by atoms with Gasteiger partial charge in [-0.15, -0.1) is 0 Å². The molecule has 0 unspecified atom stereocenters. The Morgan fingerprint density at radius 3 is 2.40 bits per heavy atom. The Balaban J connectivity index is 1.45. The minimum atomic E-state index is -3.87. The van der Waals surface area contributed by atoms with Crippen molar-refractivity contribution in [1.82, 2.24) is 5.32 Å². The first-order chi connectivity index (χ1) is 16.8. The number of aryl methyl sites for hydroxylation is 2. The lowest BCUT2D eigenvalue weighted by molar-refractivity contribution is -0.124. The second-order valence-electron chi connectivity index (χ2n) is 10.1. The van der Waals surface area contributed by atoms with Gasteiger partial charge in [-0.2, -0.15) is 0 Å². The maximum atomic E-state index is 14.0. The molecule has 3 aliphatic rings. The first-order valence-corrected chi connectivity index (χ1v) is 13.8. The normalized spacial score (nSPS) is 20.5. The molecule has 0 atom stereocenters. The molecule has 1 saturated heterocycles. The Morgan fingerprint density at radius 1 is 0.943 bits per heavy atom. The van der Waals surface area contributed by atoms with Crippen LogP contribution in [0.4, 0.5) is 0 Å². The van der Waals surface area contributed by atoms with E-state index >= 15 is 0 Å². The van der Waals surface area contributed by atoms with Crippen LogP contribution >= 0.6 is 0 Å². The molecule has 8 heteroatoms. The molecular weight excluding hydrogens is 466 g/mol. The molecule has 188 valence electrons. The van der Waals surface area contributed by atoms with Gasteiger partial charge in [0.2, 0.25) is 12.7 Å². The summed E-state index contributed by atoms with van der Waals surface area (Å²) < 4.78 is 43.2. The third-order valence-electron chi connectivity index (χ3n) is 7.99. The summed E-state index contributed by atoms with van der Waals surface area (Å²) in [5.41, 5.74) is 2.23. The average Bonchev–Trinajstić information content (AvgIpc) is 3.55. The molecule has 2 fully saturated rings.